The highest BCUT2D eigenvalue weighted by Gasteiger charge is 2.12. The summed E-state index contributed by atoms with van der Waals surface area (Å²) in [5, 5.41) is 10.8. The van der Waals surface area contributed by atoms with Gasteiger partial charge in [-0.15, -0.1) is 0 Å². The topological polar surface area (TPSA) is 91.2 Å². The lowest BCUT2D eigenvalue weighted by Crippen LogP contribution is -2.14. The van der Waals surface area contributed by atoms with Crippen LogP contribution in [-0.4, -0.2) is 9.49 Å². The molecule has 18 heavy (non-hydrogen) atoms. The number of hydrogen-bond acceptors (Lipinski definition) is 4. The molecule has 0 radical (unpaired) electrons. The molecule has 2 N–H and O–H groups in total. The third-order valence-corrected chi connectivity index (χ3v) is 2.66. The Kier molecular flexibility index (Phi) is 2.85. The van der Waals surface area contributed by atoms with Crippen LogP contribution in [0.5, 0.6) is 0 Å². The average molecular weight is 245 g/mol. The van der Waals surface area contributed by atoms with Gasteiger partial charge in [-0.2, -0.15) is 0 Å². The number of nitro benzene ring substituents is 1. The Morgan fingerprint density at radius 3 is 2.50 bits per heavy atom. The van der Waals surface area contributed by atoms with Crippen LogP contribution in [0.3, 0.4) is 0 Å². The minimum absolute atomic E-state index is 0.104. The number of nitrogens with two attached hydrogens (primary N) is 1. The highest BCUT2D eigenvalue weighted by atomic mass is 16.6. The van der Waals surface area contributed by atoms with Crippen molar-refractivity contribution in [2.45, 2.75) is 0 Å². The van der Waals surface area contributed by atoms with Gasteiger partial charge in [0.1, 0.15) is 5.69 Å². The van der Waals surface area contributed by atoms with Gasteiger partial charge in [-0.1, -0.05) is 6.07 Å². The van der Waals surface area contributed by atoms with Gasteiger partial charge in [0.05, 0.1) is 4.92 Å². The largest absolute Gasteiger partial charge is 0.393 e. The van der Waals surface area contributed by atoms with Crippen molar-refractivity contribution in [2.24, 2.45) is 7.05 Å². The summed E-state index contributed by atoms with van der Waals surface area (Å²) < 4.78 is 1.43. The zero-order valence-corrected chi connectivity index (χ0v) is 9.66. The number of anilines is 1. The molecule has 0 unspecified atom stereocenters. The average Bonchev–Trinajstić information content (AvgIpc) is 2.33. The summed E-state index contributed by atoms with van der Waals surface area (Å²) in [6.07, 6.45) is 1.61. The van der Waals surface area contributed by atoms with Crippen molar-refractivity contribution in [3.05, 3.63) is 57.0 Å². The predicted molar refractivity (Wildman–Crippen MR) is 68.2 cm³/mol. The highest BCUT2D eigenvalue weighted by Crippen LogP contribution is 2.27. The molecule has 0 saturated carbocycles. The molecular weight excluding hydrogens is 234 g/mol. The molecule has 0 bridgehead atoms. The van der Waals surface area contributed by atoms with Gasteiger partial charge in [0.2, 0.25) is 0 Å². The van der Waals surface area contributed by atoms with Crippen LogP contribution in [0, 0.1) is 10.1 Å². The fraction of sp³-hybridized carbons (Fsp3) is 0.0833. The van der Waals surface area contributed by atoms with Crippen molar-refractivity contribution in [3.8, 4) is 11.1 Å². The lowest BCUT2D eigenvalue weighted by molar-refractivity contribution is -0.383. The number of benzene rings is 1. The van der Waals surface area contributed by atoms with Crippen molar-refractivity contribution in [1.82, 2.24) is 4.57 Å². The van der Waals surface area contributed by atoms with E-state index in [2.05, 4.69) is 0 Å². The standard InChI is InChI=1S/C12H11N3O3/c1-14-5-4-9(7-12(14)16)8-2-3-10(13)11(6-8)15(17)18/h2-7H,13H2,1H3. The first-order chi connectivity index (χ1) is 8.49. The van der Waals surface area contributed by atoms with Gasteiger partial charge in [-0.3, -0.25) is 14.9 Å². The van der Waals surface area contributed by atoms with Crippen molar-refractivity contribution in [1.29, 1.82) is 0 Å². The lowest BCUT2D eigenvalue weighted by Gasteiger charge is -2.04. The maximum Gasteiger partial charge on any atom is 0.292 e. The first-order valence-electron chi connectivity index (χ1n) is 5.20. The molecule has 2 aromatic rings. The van der Waals surface area contributed by atoms with Gasteiger partial charge in [-0.05, 0) is 23.3 Å². The third kappa shape index (κ3) is 2.08. The molecule has 0 fully saturated rings. The number of nitro groups is 1. The monoisotopic (exact) mass is 245 g/mol. The molecule has 0 aliphatic rings. The molecule has 0 saturated heterocycles. The van der Waals surface area contributed by atoms with E-state index < -0.39 is 4.92 Å². The number of nitrogen functional groups attached to an aromatic ring is 1. The number of aryl methyl sites for hydroxylation is 1. The minimum atomic E-state index is -0.542. The smallest absolute Gasteiger partial charge is 0.292 e. The van der Waals surface area contributed by atoms with E-state index in [1.165, 1.54) is 22.8 Å². The summed E-state index contributed by atoms with van der Waals surface area (Å²) in [7, 11) is 1.64. The molecule has 0 aliphatic carbocycles. The van der Waals surface area contributed by atoms with Crippen molar-refractivity contribution >= 4 is 11.4 Å². The number of rotatable bonds is 2. The summed E-state index contributed by atoms with van der Waals surface area (Å²) in [4.78, 5) is 21.7. The molecule has 0 amide bonds. The second-order valence-electron chi connectivity index (χ2n) is 3.90. The van der Waals surface area contributed by atoms with Crippen LogP contribution in [0.2, 0.25) is 0 Å². The van der Waals surface area contributed by atoms with E-state index in [0.29, 0.717) is 11.1 Å². The first kappa shape index (κ1) is 11.8. The van der Waals surface area contributed by atoms with Gasteiger partial charge >= 0.3 is 0 Å². The van der Waals surface area contributed by atoms with E-state index in [1.54, 1.807) is 25.4 Å². The maximum atomic E-state index is 11.5. The van der Waals surface area contributed by atoms with E-state index in [1.807, 2.05) is 0 Å². The second-order valence-corrected chi connectivity index (χ2v) is 3.90. The van der Waals surface area contributed by atoms with Gasteiger partial charge in [0.15, 0.2) is 0 Å². The molecule has 92 valence electrons. The third-order valence-electron chi connectivity index (χ3n) is 2.66. The van der Waals surface area contributed by atoms with Gasteiger partial charge < -0.3 is 10.3 Å². The number of nitrogens with zero attached hydrogens (tertiary/aromatic N) is 2. The Hall–Kier alpha value is -2.63. The Morgan fingerprint density at radius 2 is 1.89 bits per heavy atom. The zero-order chi connectivity index (χ0) is 13.3. The van der Waals surface area contributed by atoms with Crippen LogP contribution in [0.15, 0.2) is 41.3 Å². The van der Waals surface area contributed by atoms with Crippen molar-refractivity contribution in [2.75, 3.05) is 5.73 Å². The Balaban J connectivity index is 2.57. The van der Waals surface area contributed by atoms with E-state index in [4.69, 9.17) is 5.73 Å². The highest BCUT2D eigenvalue weighted by molar-refractivity contribution is 5.71. The molecule has 0 spiro atoms. The summed E-state index contributed by atoms with van der Waals surface area (Å²) in [5.41, 5.74) is 6.50. The zero-order valence-electron chi connectivity index (χ0n) is 9.66. The quantitative estimate of drug-likeness (QED) is 0.493. The van der Waals surface area contributed by atoms with Crippen LogP contribution in [0.4, 0.5) is 11.4 Å². The Labute approximate surface area is 102 Å². The fourth-order valence-electron chi connectivity index (χ4n) is 1.61. The number of hydrogen-bond donors (Lipinski definition) is 1. The summed E-state index contributed by atoms with van der Waals surface area (Å²) in [6, 6.07) is 7.62. The van der Waals surface area contributed by atoms with Gasteiger partial charge in [0.25, 0.3) is 11.2 Å². The molecule has 1 aromatic carbocycles. The molecule has 6 heteroatoms. The maximum absolute atomic E-state index is 11.5. The molecule has 0 atom stereocenters. The van der Waals surface area contributed by atoms with Gasteiger partial charge in [-0.25, -0.2) is 0 Å². The Bertz CT molecular complexity index is 677. The number of aromatic nitrogens is 1. The van der Waals surface area contributed by atoms with Crippen LogP contribution >= 0.6 is 0 Å². The van der Waals surface area contributed by atoms with Crippen LogP contribution in [-0.2, 0) is 7.05 Å². The SMILES string of the molecule is Cn1ccc(-c2ccc(N)c([N+](=O)[O-])c2)cc1=O. The lowest BCUT2D eigenvalue weighted by atomic mass is 10.1. The minimum Gasteiger partial charge on any atom is -0.393 e. The summed E-state index contributed by atoms with van der Waals surface area (Å²) in [5.74, 6) is 0. The van der Waals surface area contributed by atoms with E-state index >= 15 is 0 Å². The molecule has 1 heterocycles. The van der Waals surface area contributed by atoms with Gasteiger partial charge in [0, 0.05) is 25.4 Å². The van der Waals surface area contributed by atoms with E-state index in [0.717, 1.165) is 0 Å². The van der Waals surface area contributed by atoms with E-state index in [9.17, 15) is 14.9 Å². The molecule has 6 nitrogen and oxygen atoms in total. The number of pyridine rings is 1. The van der Waals surface area contributed by atoms with Crippen LogP contribution < -0.4 is 11.3 Å². The van der Waals surface area contributed by atoms with Crippen molar-refractivity contribution < 1.29 is 4.92 Å². The normalized spacial score (nSPS) is 10.3. The molecule has 1 aromatic heterocycles. The molecule has 2 rings (SSSR count). The van der Waals surface area contributed by atoms with Crippen LogP contribution in [0.1, 0.15) is 0 Å². The second kappa shape index (κ2) is 4.33. The molecular formula is C12H11N3O3. The van der Waals surface area contributed by atoms with Crippen molar-refractivity contribution in [3.63, 3.8) is 0 Å². The fourth-order valence-corrected chi connectivity index (χ4v) is 1.61. The molecule has 0 aliphatic heterocycles. The summed E-state index contributed by atoms with van der Waals surface area (Å²) in [6.45, 7) is 0. The first-order valence-corrected chi connectivity index (χ1v) is 5.20. The van der Waals surface area contributed by atoms with Crippen LogP contribution in [0.25, 0.3) is 11.1 Å². The summed E-state index contributed by atoms with van der Waals surface area (Å²) >= 11 is 0. The predicted octanol–water partition coefficient (Wildman–Crippen LogP) is 1.54. The Morgan fingerprint density at radius 1 is 1.22 bits per heavy atom. The van der Waals surface area contributed by atoms with E-state index in [-0.39, 0.29) is 16.9 Å².